The molecule has 2 aromatic heterocycles. The van der Waals surface area contributed by atoms with Gasteiger partial charge in [0, 0.05) is 32.9 Å². The van der Waals surface area contributed by atoms with Gasteiger partial charge in [-0.3, -0.25) is 0 Å². The van der Waals surface area contributed by atoms with Crippen LogP contribution < -0.4 is 0 Å². The Morgan fingerprint density at radius 1 is 0.214 bits per heavy atom. The molecule has 0 radical (unpaired) electrons. The summed E-state index contributed by atoms with van der Waals surface area (Å²) in [7, 11) is 0. The van der Waals surface area contributed by atoms with Gasteiger partial charge >= 0.3 is 0 Å². The highest BCUT2D eigenvalue weighted by Gasteiger charge is 2.21. The van der Waals surface area contributed by atoms with E-state index in [1.54, 1.807) is 0 Å². The molecule has 0 aliphatic rings. The van der Waals surface area contributed by atoms with E-state index in [0.717, 1.165) is 11.4 Å². The van der Waals surface area contributed by atoms with Crippen molar-refractivity contribution in [3.05, 3.63) is 206 Å². The van der Waals surface area contributed by atoms with Gasteiger partial charge in [-0.05, 0) is 97.0 Å². The van der Waals surface area contributed by atoms with Crippen molar-refractivity contribution >= 4 is 75.9 Å². The first-order valence-corrected chi connectivity index (χ1v) is 19.4. The molecular weight excluding hydrogens is 677 g/mol. The highest BCUT2D eigenvalue weighted by molar-refractivity contribution is 6.26. The maximum absolute atomic E-state index is 2.50. The molecule has 0 atom stereocenters. The van der Waals surface area contributed by atoms with Gasteiger partial charge in [0.05, 0.1) is 22.1 Å². The Labute approximate surface area is 323 Å². The van der Waals surface area contributed by atoms with Gasteiger partial charge in [-0.25, -0.2) is 0 Å². The predicted octanol–water partition coefficient (Wildman–Crippen LogP) is 14.7. The fraction of sp³-hybridized carbons (Fsp3) is 0. The molecule has 0 spiro atoms. The van der Waals surface area contributed by atoms with Gasteiger partial charge in [0.1, 0.15) is 0 Å². The number of aromatic nitrogens is 2. The van der Waals surface area contributed by atoms with Crippen LogP contribution in [-0.2, 0) is 0 Å². The van der Waals surface area contributed by atoms with E-state index < -0.39 is 0 Å². The van der Waals surface area contributed by atoms with Crippen LogP contribution in [0.4, 0.5) is 0 Å². The molecule has 0 aliphatic heterocycles. The Bertz CT molecular complexity index is 3490. The molecule has 56 heavy (non-hydrogen) atoms. The summed E-state index contributed by atoms with van der Waals surface area (Å²) in [5.41, 5.74) is 11.9. The van der Waals surface area contributed by atoms with Crippen LogP contribution in [0.15, 0.2) is 206 Å². The molecule has 0 bridgehead atoms. The third-order valence-corrected chi connectivity index (χ3v) is 11.9. The Balaban J connectivity index is 1.13. The first-order chi connectivity index (χ1) is 27.8. The number of fused-ring (bicyclic) bond motifs is 13. The molecule has 12 aromatic rings. The molecule has 0 saturated carbocycles. The highest BCUT2D eigenvalue weighted by atomic mass is 15.0. The van der Waals surface area contributed by atoms with Gasteiger partial charge in [-0.15, -0.1) is 0 Å². The standard InChI is InChI=1S/C54H34N2/c1-2-14-35(15-3-1)36-16-12-18-39(32-36)55-51-26-10-8-24-46(51)48-30-31-49-47-25-9-11-27-52(47)56(54(49)53(48)55)40-19-13-17-37(33-40)38-28-29-45-43-22-5-4-20-41(43)42-21-6-7-23-44(42)50(45)34-38/h1-34H. The molecular formula is C54H34N2. The summed E-state index contributed by atoms with van der Waals surface area (Å²) in [5.74, 6) is 0. The van der Waals surface area contributed by atoms with E-state index in [1.165, 1.54) is 98.2 Å². The maximum Gasteiger partial charge on any atom is 0.0788 e. The average Bonchev–Trinajstić information content (AvgIpc) is 3.80. The number of benzene rings is 10. The molecule has 0 saturated heterocycles. The quantitative estimate of drug-likeness (QED) is 0.161. The van der Waals surface area contributed by atoms with Crippen molar-refractivity contribution in [2.24, 2.45) is 0 Å². The van der Waals surface area contributed by atoms with Crippen LogP contribution in [0.1, 0.15) is 0 Å². The fourth-order valence-corrected chi connectivity index (χ4v) is 9.40. The van der Waals surface area contributed by atoms with Crippen LogP contribution >= 0.6 is 0 Å². The molecule has 0 fully saturated rings. The Morgan fingerprint density at radius 2 is 0.589 bits per heavy atom. The lowest BCUT2D eigenvalue weighted by Gasteiger charge is -2.15. The van der Waals surface area contributed by atoms with Gasteiger partial charge in [0.2, 0.25) is 0 Å². The Kier molecular flexibility index (Phi) is 6.66. The minimum atomic E-state index is 1.14. The molecule has 2 heteroatoms. The molecule has 2 heterocycles. The van der Waals surface area contributed by atoms with Crippen molar-refractivity contribution in [2.45, 2.75) is 0 Å². The molecule has 260 valence electrons. The van der Waals surface area contributed by atoms with Crippen LogP contribution in [0.2, 0.25) is 0 Å². The largest absolute Gasteiger partial charge is 0.307 e. The normalized spacial score (nSPS) is 11.9. The summed E-state index contributed by atoms with van der Waals surface area (Å²) >= 11 is 0. The number of hydrogen-bond donors (Lipinski definition) is 0. The van der Waals surface area contributed by atoms with Gasteiger partial charge < -0.3 is 9.13 Å². The minimum absolute atomic E-state index is 1.14. The van der Waals surface area contributed by atoms with E-state index in [2.05, 4.69) is 215 Å². The summed E-state index contributed by atoms with van der Waals surface area (Å²) in [6, 6.07) is 75.8. The van der Waals surface area contributed by atoms with Crippen molar-refractivity contribution in [2.75, 3.05) is 0 Å². The summed E-state index contributed by atoms with van der Waals surface area (Å²) in [5, 5.41) is 12.7. The van der Waals surface area contributed by atoms with Crippen molar-refractivity contribution in [1.82, 2.24) is 9.13 Å². The monoisotopic (exact) mass is 710 g/mol. The van der Waals surface area contributed by atoms with Crippen LogP contribution in [0.3, 0.4) is 0 Å². The van der Waals surface area contributed by atoms with E-state index >= 15 is 0 Å². The predicted molar refractivity (Wildman–Crippen MR) is 239 cm³/mol. The van der Waals surface area contributed by atoms with E-state index in [-0.39, 0.29) is 0 Å². The summed E-state index contributed by atoms with van der Waals surface area (Å²) < 4.78 is 4.98. The number of nitrogens with zero attached hydrogens (tertiary/aromatic N) is 2. The maximum atomic E-state index is 2.50. The van der Waals surface area contributed by atoms with Crippen molar-refractivity contribution in [3.8, 4) is 33.6 Å². The van der Waals surface area contributed by atoms with Gasteiger partial charge in [-0.1, -0.05) is 164 Å². The zero-order valence-electron chi connectivity index (χ0n) is 30.5. The lowest BCUT2D eigenvalue weighted by Crippen LogP contribution is -1.99. The number of para-hydroxylation sites is 2. The van der Waals surface area contributed by atoms with E-state index in [1.807, 2.05) is 0 Å². The second kappa shape index (κ2) is 12.0. The highest BCUT2D eigenvalue weighted by Crippen LogP contribution is 2.43. The second-order valence-electron chi connectivity index (χ2n) is 14.9. The third kappa shape index (κ3) is 4.50. The van der Waals surface area contributed by atoms with Gasteiger partial charge in [0.25, 0.3) is 0 Å². The molecule has 0 unspecified atom stereocenters. The van der Waals surface area contributed by atoms with Crippen molar-refractivity contribution in [3.63, 3.8) is 0 Å². The zero-order valence-corrected chi connectivity index (χ0v) is 30.5. The minimum Gasteiger partial charge on any atom is -0.307 e. The SMILES string of the molecule is c1ccc(-c2cccc(-n3c4ccccc4c4ccc5c6ccccc6n(-c6cccc(-c7ccc8c9ccccc9c9ccccc9c8c7)c6)c5c43)c2)cc1. The molecule has 12 rings (SSSR count). The molecule has 0 amide bonds. The van der Waals surface area contributed by atoms with Crippen LogP contribution in [-0.4, -0.2) is 9.13 Å². The first kappa shape index (κ1) is 31.0. The van der Waals surface area contributed by atoms with Crippen molar-refractivity contribution < 1.29 is 0 Å². The summed E-state index contributed by atoms with van der Waals surface area (Å²) in [4.78, 5) is 0. The Morgan fingerprint density at radius 3 is 1.12 bits per heavy atom. The molecule has 10 aromatic carbocycles. The van der Waals surface area contributed by atoms with Gasteiger partial charge in [0.15, 0.2) is 0 Å². The van der Waals surface area contributed by atoms with E-state index in [9.17, 15) is 0 Å². The van der Waals surface area contributed by atoms with E-state index in [4.69, 9.17) is 0 Å². The van der Waals surface area contributed by atoms with Crippen LogP contribution in [0.5, 0.6) is 0 Å². The van der Waals surface area contributed by atoms with Crippen molar-refractivity contribution in [1.29, 1.82) is 0 Å². The summed E-state index contributed by atoms with van der Waals surface area (Å²) in [6.07, 6.45) is 0. The third-order valence-electron chi connectivity index (χ3n) is 11.9. The van der Waals surface area contributed by atoms with E-state index in [0.29, 0.717) is 0 Å². The average molecular weight is 711 g/mol. The van der Waals surface area contributed by atoms with Crippen LogP contribution in [0, 0.1) is 0 Å². The molecule has 0 N–H and O–H groups in total. The Hall–Kier alpha value is -7.42. The smallest absolute Gasteiger partial charge is 0.0788 e. The summed E-state index contributed by atoms with van der Waals surface area (Å²) in [6.45, 7) is 0. The fourth-order valence-electron chi connectivity index (χ4n) is 9.40. The number of rotatable bonds is 4. The lowest BCUT2D eigenvalue weighted by atomic mass is 9.92. The number of hydrogen-bond acceptors (Lipinski definition) is 0. The lowest BCUT2D eigenvalue weighted by molar-refractivity contribution is 1.15. The van der Waals surface area contributed by atoms with Crippen LogP contribution in [0.25, 0.3) is 110 Å². The topological polar surface area (TPSA) is 9.86 Å². The first-order valence-electron chi connectivity index (χ1n) is 19.4. The van der Waals surface area contributed by atoms with Gasteiger partial charge in [-0.2, -0.15) is 0 Å². The molecule has 2 nitrogen and oxygen atoms in total. The molecule has 0 aliphatic carbocycles. The second-order valence-corrected chi connectivity index (χ2v) is 14.9. The zero-order chi connectivity index (χ0) is 36.7.